The van der Waals surface area contributed by atoms with Gasteiger partial charge < -0.3 is 18.9 Å². The fourth-order valence-electron chi connectivity index (χ4n) is 4.51. The first kappa shape index (κ1) is 42.7. The van der Waals surface area contributed by atoms with Crippen molar-refractivity contribution < 1.29 is 27.4 Å². The zero-order valence-electron chi connectivity index (χ0n) is 28.2. The van der Waals surface area contributed by atoms with Crippen molar-refractivity contribution in [2.45, 2.75) is 10.3 Å². The molecule has 4 aromatic heterocycles. The number of hydrogen-bond acceptors (Lipinski definition) is 14. The van der Waals surface area contributed by atoms with Gasteiger partial charge in [-0.1, -0.05) is 69.9 Å². The highest BCUT2D eigenvalue weighted by Gasteiger charge is 2.21. The van der Waals surface area contributed by atoms with Crippen LogP contribution in [0.2, 0.25) is 20.4 Å². The number of pyridine rings is 2. The summed E-state index contributed by atoms with van der Waals surface area (Å²) in [5.41, 5.74) is 3.71. The number of rotatable bonds is 8. The smallest absolute Gasteiger partial charge is 0.317 e. The Labute approximate surface area is 342 Å². The van der Waals surface area contributed by atoms with E-state index in [0.717, 1.165) is 16.3 Å². The lowest BCUT2D eigenvalue weighted by molar-refractivity contribution is 0.394. The van der Waals surface area contributed by atoms with Crippen LogP contribution in [0.25, 0.3) is 44.3 Å². The molecule has 0 unspecified atom stereocenters. The molecule has 0 N–H and O–H groups in total. The highest BCUT2D eigenvalue weighted by Crippen LogP contribution is 2.46. The third kappa shape index (κ3) is 11.0. The molecule has 0 saturated heterocycles. The Morgan fingerprint density at radius 1 is 0.585 bits per heavy atom. The monoisotopic (exact) mass is 896 g/mol. The van der Waals surface area contributed by atoms with Crippen LogP contribution in [0.5, 0.6) is 23.0 Å². The maximum Gasteiger partial charge on any atom is 0.317 e. The van der Waals surface area contributed by atoms with Gasteiger partial charge in [0.25, 0.3) is 0 Å². The second-order valence-electron chi connectivity index (χ2n) is 9.95. The van der Waals surface area contributed by atoms with E-state index in [0.29, 0.717) is 76.5 Å². The topological polar surface area (TPSA) is 148 Å². The summed E-state index contributed by atoms with van der Waals surface area (Å²) in [5.74, 6) is 2.22. The van der Waals surface area contributed by atoms with Gasteiger partial charge in [-0.05, 0) is 36.8 Å². The van der Waals surface area contributed by atoms with Gasteiger partial charge in [0.2, 0.25) is 0 Å². The van der Waals surface area contributed by atoms with Crippen LogP contribution in [0.3, 0.4) is 0 Å². The number of ether oxygens (including phenoxy) is 4. The van der Waals surface area contributed by atoms with Gasteiger partial charge in [0, 0.05) is 67.8 Å². The lowest BCUT2D eigenvalue weighted by Crippen LogP contribution is -1.96. The van der Waals surface area contributed by atoms with Gasteiger partial charge >= 0.3 is 8.26 Å². The molecule has 12 nitrogen and oxygen atoms in total. The molecule has 0 amide bonds. The van der Waals surface area contributed by atoms with Crippen LogP contribution in [0.4, 0.5) is 0 Å². The molecule has 0 bridgehead atoms. The van der Waals surface area contributed by atoms with Crippen molar-refractivity contribution in [3.05, 3.63) is 69.1 Å². The van der Waals surface area contributed by atoms with Gasteiger partial charge in [0.05, 0.1) is 49.9 Å². The third-order valence-corrected chi connectivity index (χ3v) is 9.25. The molecule has 4 heterocycles. The molecular weight excluding hydrogens is 873 g/mol. The van der Waals surface area contributed by atoms with E-state index in [2.05, 4.69) is 51.3 Å². The molecule has 0 aliphatic carbocycles. The molecule has 280 valence electrons. The molecule has 2 aromatic carbocycles. The van der Waals surface area contributed by atoms with E-state index in [1.807, 2.05) is 30.7 Å². The van der Waals surface area contributed by atoms with Crippen molar-refractivity contribution in [3.63, 3.8) is 0 Å². The fraction of sp³-hybridized carbons (Fsp3) is 0.188. The fourth-order valence-corrected chi connectivity index (χ4v) is 6.37. The molecule has 0 radical (unpaired) electrons. The van der Waals surface area contributed by atoms with Crippen LogP contribution in [0, 0.1) is 0 Å². The number of benzene rings is 2. The van der Waals surface area contributed by atoms with Crippen molar-refractivity contribution in [1.29, 1.82) is 0 Å². The lowest BCUT2D eigenvalue weighted by atomic mass is 10.1. The number of hydrogen-bond donors (Lipinski definition) is 0. The summed E-state index contributed by atoms with van der Waals surface area (Å²) < 4.78 is 39.5. The minimum Gasteiger partial charge on any atom is -0.497 e. The van der Waals surface area contributed by atoms with Gasteiger partial charge in [0.1, 0.15) is 34.0 Å². The first-order valence-corrected chi connectivity index (χ1v) is 21.5. The molecule has 0 aliphatic heterocycles. The standard InChI is InChI=1S/C16H12Cl3N3O2S.C16H14ClN3O2S.Cl2O2S/c1-23-9-5-10(24-2)13(18)11(12(9)17)8-4-7-6-20-16(25-3)22-14(7)15(19)21-8;1-21-11-4-9(5-12(7-11)22-2)13-6-10-8-18-16(23-3)20-14(10)15(17)19-13;1-5(2,3)4/h4-6H,1-3H3;4-8H,1-3H3;. The van der Waals surface area contributed by atoms with Crippen molar-refractivity contribution in [2.75, 3.05) is 41.0 Å². The average Bonchev–Trinajstić information content (AvgIpc) is 3.14. The van der Waals surface area contributed by atoms with Crippen molar-refractivity contribution >= 4 is 121 Å². The Bertz CT molecular complexity index is 2340. The van der Waals surface area contributed by atoms with Gasteiger partial charge in [-0.3, -0.25) is 0 Å². The zero-order valence-corrected chi connectivity index (χ0v) is 35.2. The predicted molar refractivity (Wildman–Crippen MR) is 216 cm³/mol. The third-order valence-electron chi connectivity index (χ3n) is 6.84. The van der Waals surface area contributed by atoms with E-state index in [1.165, 1.54) is 37.7 Å². The summed E-state index contributed by atoms with van der Waals surface area (Å²) >= 11 is 28.4. The molecule has 53 heavy (non-hydrogen) atoms. The molecule has 0 spiro atoms. The Morgan fingerprint density at radius 2 is 1.00 bits per heavy atom. The molecule has 0 saturated carbocycles. The first-order chi connectivity index (χ1) is 25.1. The van der Waals surface area contributed by atoms with Crippen LogP contribution in [0.1, 0.15) is 0 Å². The highest BCUT2D eigenvalue weighted by atomic mass is 36.0. The van der Waals surface area contributed by atoms with Crippen LogP contribution in [-0.4, -0.2) is 79.3 Å². The SMILES string of the molecule is COc1cc(OC)c(Cl)c(-c2cc3cnc(SC)nc3c(Cl)n2)c1Cl.COc1cc(OC)cc(-c2cc3cnc(SC)nc3c(Cl)n2)c1.O=S(=O)(Cl)Cl. The number of fused-ring (bicyclic) bond motifs is 2. The molecule has 6 aromatic rings. The van der Waals surface area contributed by atoms with Crippen molar-refractivity contribution in [3.8, 4) is 45.5 Å². The summed E-state index contributed by atoms with van der Waals surface area (Å²) in [6, 6.07) is 10.9. The predicted octanol–water partition coefficient (Wildman–Crippen LogP) is 10.2. The summed E-state index contributed by atoms with van der Waals surface area (Å²) in [7, 11) is 11.1. The number of thioether (sulfide) groups is 2. The maximum absolute atomic E-state index is 9.16. The molecule has 0 atom stereocenters. The van der Waals surface area contributed by atoms with Crippen LogP contribution in [-0.2, 0) is 8.26 Å². The Kier molecular flexibility index (Phi) is 15.4. The lowest BCUT2D eigenvalue weighted by Gasteiger charge is -2.15. The molecule has 6 rings (SSSR count). The summed E-state index contributed by atoms with van der Waals surface area (Å²) in [5, 5.41) is 4.05. The number of nitrogens with zero attached hydrogens (tertiary/aromatic N) is 6. The van der Waals surface area contributed by atoms with E-state index in [1.54, 1.807) is 44.8 Å². The second kappa shape index (κ2) is 19.0. The summed E-state index contributed by atoms with van der Waals surface area (Å²) in [6.45, 7) is 0. The van der Waals surface area contributed by atoms with E-state index >= 15 is 0 Å². The maximum atomic E-state index is 9.16. The van der Waals surface area contributed by atoms with Gasteiger partial charge in [-0.15, -0.1) is 0 Å². The van der Waals surface area contributed by atoms with Gasteiger partial charge in [0.15, 0.2) is 20.6 Å². The quantitative estimate of drug-likeness (QED) is 0.0617. The van der Waals surface area contributed by atoms with Gasteiger partial charge in [-0.25, -0.2) is 29.9 Å². The molecular formula is C32H26Cl6N6O6S3. The van der Waals surface area contributed by atoms with Crippen molar-refractivity contribution in [2.24, 2.45) is 0 Å². The van der Waals surface area contributed by atoms with Crippen LogP contribution >= 0.6 is 91.3 Å². The largest absolute Gasteiger partial charge is 0.497 e. The minimum atomic E-state index is -3.72. The summed E-state index contributed by atoms with van der Waals surface area (Å²) in [4.78, 5) is 26.2. The molecule has 0 fully saturated rings. The van der Waals surface area contributed by atoms with E-state index in [-0.39, 0.29) is 5.15 Å². The van der Waals surface area contributed by atoms with E-state index < -0.39 is 8.26 Å². The van der Waals surface area contributed by atoms with Gasteiger partial charge in [-0.2, -0.15) is 8.42 Å². The molecule has 21 heteroatoms. The Morgan fingerprint density at radius 3 is 1.40 bits per heavy atom. The highest BCUT2D eigenvalue weighted by molar-refractivity contribution is 8.31. The first-order valence-electron chi connectivity index (χ1n) is 14.4. The van der Waals surface area contributed by atoms with E-state index in [9.17, 15) is 0 Å². The second-order valence-corrected chi connectivity index (χ2v) is 16.6. The Balaban J connectivity index is 0.000000211. The number of halogens is 6. The Hall–Kier alpha value is -2.99. The molecule has 0 aliphatic rings. The normalized spacial score (nSPS) is 10.9. The summed E-state index contributed by atoms with van der Waals surface area (Å²) in [6.07, 6.45) is 7.24. The zero-order chi connectivity index (χ0) is 39.0. The van der Waals surface area contributed by atoms with Crippen LogP contribution in [0.15, 0.2) is 59.1 Å². The van der Waals surface area contributed by atoms with Crippen molar-refractivity contribution in [1.82, 2.24) is 29.9 Å². The number of methoxy groups -OCH3 is 4. The average molecular weight is 900 g/mol. The number of aromatic nitrogens is 6. The van der Waals surface area contributed by atoms with Crippen LogP contribution < -0.4 is 18.9 Å². The minimum absolute atomic E-state index is 0.235. The van der Waals surface area contributed by atoms with E-state index in [4.69, 9.17) is 73.8 Å².